The second kappa shape index (κ2) is 10.4. The first-order valence-corrected chi connectivity index (χ1v) is 11.4. The van der Waals surface area contributed by atoms with Gasteiger partial charge in [0.05, 0.1) is 12.2 Å². The minimum Gasteiger partial charge on any atom is -0.459 e. The Labute approximate surface area is 198 Å². The van der Waals surface area contributed by atoms with E-state index in [9.17, 15) is 14.4 Å². The van der Waals surface area contributed by atoms with Crippen LogP contribution in [0.3, 0.4) is 0 Å². The second-order valence-corrected chi connectivity index (χ2v) is 8.60. The van der Waals surface area contributed by atoms with E-state index in [1.165, 1.54) is 6.26 Å². The third-order valence-corrected chi connectivity index (χ3v) is 6.00. The molecule has 1 aromatic heterocycles. The van der Waals surface area contributed by atoms with Gasteiger partial charge in [-0.15, -0.1) is 0 Å². The largest absolute Gasteiger partial charge is 0.459 e. The van der Waals surface area contributed by atoms with Crippen LogP contribution in [0.5, 0.6) is 0 Å². The van der Waals surface area contributed by atoms with Gasteiger partial charge < -0.3 is 19.4 Å². The van der Waals surface area contributed by atoms with Gasteiger partial charge in [-0.2, -0.15) is 0 Å². The van der Waals surface area contributed by atoms with Crippen molar-refractivity contribution in [3.8, 4) is 0 Å². The molecule has 2 aromatic carbocycles. The lowest BCUT2D eigenvalue weighted by atomic mass is 9.97. The molecule has 0 unspecified atom stereocenters. The molecule has 2 atom stereocenters. The van der Waals surface area contributed by atoms with E-state index in [0.29, 0.717) is 30.6 Å². The number of aryl methyl sites for hydroxylation is 2. The molecule has 0 spiro atoms. The summed E-state index contributed by atoms with van der Waals surface area (Å²) in [6, 6.07) is 18.0. The van der Waals surface area contributed by atoms with E-state index in [4.69, 9.17) is 9.15 Å². The van der Waals surface area contributed by atoms with E-state index in [2.05, 4.69) is 5.32 Å². The Balaban J connectivity index is 1.50. The Morgan fingerprint density at radius 3 is 2.59 bits per heavy atom. The summed E-state index contributed by atoms with van der Waals surface area (Å²) in [5.41, 5.74) is 3.18. The van der Waals surface area contributed by atoms with Crippen molar-refractivity contribution in [2.75, 3.05) is 18.4 Å². The van der Waals surface area contributed by atoms with E-state index >= 15 is 0 Å². The quantitative estimate of drug-likeness (QED) is 0.540. The molecule has 0 radical (unpaired) electrons. The van der Waals surface area contributed by atoms with Crippen molar-refractivity contribution >= 4 is 23.5 Å². The third-order valence-electron chi connectivity index (χ3n) is 6.00. The number of carbonyl (C=O) groups is 3. The van der Waals surface area contributed by atoms with Gasteiger partial charge in [0.2, 0.25) is 6.10 Å². The standard InChI is InChI=1S/C27H28N2O5/c1-18-12-13-19(2)22(16-18)28-25(30)24(20-8-4-3-5-9-20)34-27(32)21-10-6-14-29(17-21)26(31)23-11-7-15-33-23/h3-5,7-9,11-13,15-16,21,24H,6,10,14,17H2,1-2H3,(H,28,30)/t21-,24-/m0/s1. The highest BCUT2D eigenvalue weighted by Crippen LogP contribution is 2.26. The van der Waals surface area contributed by atoms with Crippen molar-refractivity contribution in [3.05, 3.63) is 89.4 Å². The van der Waals surface area contributed by atoms with E-state index < -0.39 is 23.9 Å². The van der Waals surface area contributed by atoms with E-state index in [0.717, 1.165) is 11.1 Å². The van der Waals surface area contributed by atoms with Crippen molar-refractivity contribution in [1.82, 2.24) is 4.90 Å². The smallest absolute Gasteiger partial charge is 0.311 e. The summed E-state index contributed by atoms with van der Waals surface area (Å²) >= 11 is 0. The van der Waals surface area contributed by atoms with Crippen molar-refractivity contribution in [1.29, 1.82) is 0 Å². The van der Waals surface area contributed by atoms with E-state index in [-0.39, 0.29) is 18.2 Å². The van der Waals surface area contributed by atoms with Gasteiger partial charge in [0.25, 0.3) is 11.8 Å². The number of furan rings is 1. The van der Waals surface area contributed by atoms with Crippen molar-refractivity contribution in [3.63, 3.8) is 0 Å². The second-order valence-electron chi connectivity index (χ2n) is 8.60. The highest BCUT2D eigenvalue weighted by atomic mass is 16.5. The predicted octanol–water partition coefficient (Wildman–Crippen LogP) is 4.67. The summed E-state index contributed by atoms with van der Waals surface area (Å²) in [6.07, 6.45) is 1.59. The molecule has 1 fully saturated rings. The average molecular weight is 461 g/mol. The lowest BCUT2D eigenvalue weighted by Crippen LogP contribution is -2.43. The third kappa shape index (κ3) is 5.36. The number of amides is 2. The Bertz CT molecular complexity index is 1160. The number of ether oxygens (including phenoxy) is 1. The SMILES string of the molecule is Cc1ccc(C)c(NC(=O)[C@@H](OC(=O)[C@H]2CCCN(C(=O)c3ccco3)C2)c2ccccc2)c1. The van der Waals surface area contributed by atoms with Crippen LogP contribution in [0.2, 0.25) is 0 Å². The zero-order chi connectivity index (χ0) is 24.1. The minimum atomic E-state index is -1.11. The van der Waals surface area contributed by atoms with E-state index in [1.54, 1.807) is 41.3 Å². The Morgan fingerprint density at radius 1 is 1.06 bits per heavy atom. The van der Waals surface area contributed by atoms with Gasteiger partial charge in [-0.05, 0) is 56.0 Å². The zero-order valence-electron chi connectivity index (χ0n) is 19.3. The first kappa shape index (κ1) is 23.3. The normalized spacial score (nSPS) is 16.5. The van der Waals surface area contributed by atoms with Gasteiger partial charge in [-0.3, -0.25) is 14.4 Å². The Kier molecular flexibility index (Phi) is 7.11. The molecule has 1 N–H and O–H groups in total. The molecule has 2 amide bonds. The van der Waals surface area contributed by atoms with Gasteiger partial charge in [0, 0.05) is 24.3 Å². The van der Waals surface area contributed by atoms with Gasteiger partial charge in [0.1, 0.15) is 0 Å². The molecule has 1 aliphatic heterocycles. The summed E-state index contributed by atoms with van der Waals surface area (Å²) < 4.78 is 11.0. The fourth-order valence-corrected chi connectivity index (χ4v) is 4.09. The molecule has 34 heavy (non-hydrogen) atoms. The minimum absolute atomic E-state index is 0.221. The molecule has 3 aromatic rings. The van der Waals surface area contributed by atoms with Crippen molar-refractivity contribution in [2.24, 2.45) is 5.92 Å². The lowest BCUT2D eigenvalue weighted by molar-refractivity contribution is -0.160. The number of hydrogen-bond donors (Lipinski definition) is 1. The summed E-state index contributed by atoms with van der Waals surface area (Å²) in [4.78, 5) is 40.7. The number of nitrogens with zero attached hydrogens (tertiary/aromatic N) is 1. The molecule has 0 aliphatic carbocycles. The Morgan fingerprint density at radius 2 is 1.85 bits per heavy atom. The molecule has 1 saturated heterocycles. The molecule has 0 saturated carbocycles. The number of piperidine rings is 1. The van der Waals surface area contributed by atoms with Gasteiger partial charge in [-0.1, -0.05) is 42.5 Å². The summed E-state index contributed by atoms with van der Waals surface area (Å²) in [5.74, 6) is -1.46. The number of anilines is 1. The lowest BCUT2D eigenvalue weighted by Gasteiger charge is -2.31. The highest BCUT2D eigenvalue weighted by molar-refractivity contribution is 5.97. The van der Waals surface area contributed by atoms with Gasteiger partial charge >= 0.3 is 5.97 Å². The molecule has 2 heterocycles. The van der Waals surface area contributed by atoms with Crippen LogP contribution in [0.4, 0.5) is 5.69 Å². The number of hydrogen-bond acceptors (Lipinski definition) is 5. The average Bonchev–Trinajstić information content (AvgIpc) is 3.40. The zero-order valence-corrected chi connectivity index (χ0v) is 19.3. The molecular weight excluding hydrogens is 432 g/mol. The predicted molar refractivity (Wildman–Crippen MR) is 127 cm³/mol. The maximum Gasteiger partial charge on any atom is 0.311 e. The first-order chi connectivity index (χ1) is 16.4. The number of likely N-dealkylation sites (tertiary alicyclic amines) is 1. The molecule has 7 nitrogen and oxygen atoms in total. The maximum absolute atomic E-state index is 13.3. The number of nitrogens with one attached hydrogen (secondary N) is 1. The monoisotopic (exact) mass is 460 g/mol. The molecule has 1 aliphatic rings. The maximum atomic E-state index is 13.3. The van der Waals surface area contributed by atoms with Gasteiger partial charge in [0.15, 0.2) is 5.76 Å². The van der Waals surface area contributed by atoms with Crippen LogP contribution >= 0.6 is 0 Å². The summed E-state index contributed by atoms with van der Waals surface area (Å²) in [7, 11) is 0. The number of carbonyl (C=O) groups excluding carboxylic acids is 3. The van der Waals surface area contributed by atoms with Crippen molar-refractivity contribution < 1.29 is 23.5 Å². The number of rotatable bonds is 6. The van der Waals surface area contributed by atoms with Crippen LogP contribution < -0.4 is 5.32 Å². The van der Waals surface area contributed by atoms with E-state index in [1.807, 2.05) is 38.1 Å². The van der Waals surface area contributed by atoms with Crippen LogP contribution in [0.25, 0.3) is 0 Å². The number of esters is 1. The molecular formula is C27H28N2O5. The molecule has 4 rings (SSSR count). The summed E-state index contributed by atoms with van der Waals surface area (Å²) in [6.45, 7) is 4.62. The van der Waals surface area contributed by atoms with Crippen LogP contribution in [0.15, 0.2) is 71.3 Å². The van der Waals surface area contributed by atoms with Crippen LogP contribution in [-0.4, -0.2) is 35.8 Å². The fourth-order valence-electron chi connectivity index (χ4n) is 4.09. The van der Waals surface area contributed by atoms with Crippen LogP contribution in [-0.2, 0) is 14.3 Å². The van der Waals surface area contributed by atoms with Crippen LogP contribution in [0.1, 0.15) is 46.2 Å². The topological polar surface area (TPSA) is 88.9 Å². The van der Waals surface area contributed by atoms with Gasteiger partial charge in [-0.25, -0.2) is 0 Å². The molecule has 0 bridgehead atoms. The van der Waals surface area contributed by atoms with Crippen molar-refractivity contribution in [2.45, 2.75) is 32.8 Å². The highest BCUT2D eigenvalue weighted by Gasteiger charge is 2.34. The number of benzene rings is 2. The fraction of sp³-hybridized carbons (Fsp3) is 0.296. The molecule has 176 valence electrons. The first-order valence-electron chi connectivity index (χ1n) is 11.4. The molecule has 7 heteroatoms. The van der Waals surface area contributed by atoms with Crippen LogP contribution in [0, 0.1) is 19.8 Å². The summed E-state index contributed by atoms with van der Waals surface area (Å²) in [5, 5.41) is 2.91. The Hall–Kier alpha value is -3.87.